The fourth-order valence-corrected chi connectivity index (χ4v) is 3.30. The number of aryl methyl sites for hydroxylation is 1. The molecule has 3 rings (SSSR count). The van der Waals surface area contributed by atoms with Crippen molar-refractivity contribution in [3.05, 3.63) is 73.6 Å². The first kappa shape index (κ1) is 19.6. The number of carbonyl (C=O) groups is 1. The first-order valence-corrected chi connectivity index (χ1v) is 9.06. The van der Waals surface area contributed by atoms with Crippen LogP contribution in [0.4, 0.5) is 5.69 Å². The number of likely N-dealkylation sites (N-methyl/N-ethyl adjacent to an activating group) is 1. The molecular weight excluding hydrogens is 384 g/mol. The highest BCUT2D eigenvalue weighted by Gasteiger charge is 2.18. The van der Waals surface area contributed by atoms with Crippen LogP contribution >= 0.6 is 11.6 Å². The molecule has 0 spiro atoms. The van der Waals surface area contributed by atoms with Gasteiger partial charge in [0, 0.05) is 37.3 Å². The molecule has 0 radical (unpaired) electrons. The van der Waals surface area contributed by atoms with E-state index in [2.05, 4.69) is 0 Å². The van der Waals surface area contributed by atoms with E-state index in [4.69, 9.17) is 11.6 Å². The van der Waals surface area contributed by atoms with Gasteiger partial charge in [-0.05, 0) is 30.7 Å². The highest BCUT2D eigenvalue weighted by molar-refractivity contribution is 6.31. The second-order valence-electron chi connectivity index (χ2n) is 6.38. The van der Waals surface area contributed by atoms with Crippen molar-refractivity contribution in [2.75, 3.05) is 7.05 Å². The number of nitro benzene ring substituents is 1. The highest BCUT2D eigenvalue weighted by Crippen LogP contribution is 2.23. The van der Waals surface area contributed by atoms with E-state index < -0.39 is 4.92 Å². The topological polar surface area (TPSA) is 90.4 Å². The number of para-hydroxylation sites is 2. The number of halogens is 1. The number of nitro groups is 1. The molecule has 0 saturated heterocycles. The minimum absolute atomic E-state index is 0.0949. The summed E-state index contributed by atoms with van der Waals surface area (Å²) in [6.07, 6.45) is 0. The maximum Gasteiger partial charge on any atom is 0.329 e. The average molecular weight is 403 g/mol. The Kier molecular flexibility index (Phi) is 5.51. The van der Waals surface area contributed by atoms with Gasteiger partial charge in [-0.1, -0.05) is 23.7 Å². The third-order valence-electron chi connectivity index (χ3n) is 4.61. The largest absolute Gasteiger partial charge is 0.340 e. The summed E-state index contributed by atoms with van der Waals surface area (Å²) < 4.78 is 3.05. The number of nitrogens with zero attached hydrogens (tertiary/aromatic N) is 4. The van der Waals surface area contributed by atoms with Crippen molar-refractivity contribution in [1.82, 2.24) is 14.0 Å². The first-order valence-electron chi connectivity index (χ1n) is 8.68. The maximum atomic E-state index is 12.7. The summed E-state index contributed by atoms with van der Waals surface area (Å²) in [5, 5.41) is 11.3. The molecule has 1 heterocycles. The van der Waals surface area contributed by atoms with Gasteiger partial charge in [-0.2, -0.15) is 0 Å². The van der Waals surface area contributed by atoms with Crippen LogP contribution in [0.2, 0.25) is 5.02 Å². The van der Waals surface area contributed by atoms with Crippen LogP contribution in [0.5, 0.6) is 0 Å². The second-order valence-corrected chi connectivity index (χ2v) is 6.79. The number of non-ortho nitro benzene ring substituents is 1. The lowest BCUT2D eigenvalue weighted by atomic mass is 10.2. The standard InChI is InChI=1S/C19H19ClN4O4/c1-3-22-16-6-4-5-7-17(16)23(19(22)26)12-18(25)21(2)11-13-10-14(24(27)28)8-9-15(13)20/h4-10H,3,11-12H2,1-2H3. The normalized spacial score (nSPS) is 11.0. The summed E-state index contributed by atoms with van der Waals surface area (Å²) in [5.41, 5.74) is 1.58. The van der Waals surface area contributed by atoms with E-state index in [1.54, 1.807) is 17.7 Å². The molecule has 8 nitrogen and oxygen atoms in total. The number of aromatic nitrogens is 2. The number of benzene rings is 2. The number of hydrogen-bond acceptors (Lipinski definition) is 4. The van der Waals surface area contributed by atoms with Crippen LogP contribution in [0, 0.1) is 10.1 Å². The molecule has 1 amide bonds. The lowest BCUT2D eigenvalue weighted by molar-refractivity contribution is -0.384. The number of carbonyl (C=O) groups excluding carboxylic acids is 1. The average Bonchev–Trinajstić information content (AvgIpc) is 2.94. The van der Waals surface area contributed by atoms with Crippen molar-refractivity contribution in [1.29, 1.82) is 0 Å². The zero-order chi connectivity index (χ0) is 20.4. The summed E-state index contributed by atoms with van der Waals surface area (Å²) in [5.74, 6) is -0.302. The molecule has 1 aromatic heterocycles. The van der Waals surface area contributed by atoms with Crippen molar-refractivity contribution in [3.8, 4) is 0 Å². The van der Waals surface area contributed by atoms with Crippen LogP contribution in [0.25, 0.3) is 11.0 Å². The third-order valence-corrected chi connectivity index (χ3v) is 4.98. The van der Waals surface area contributed by atoms with E-state index in [1.807, 2.05) is 25.1 Å². The quantitative estimate of drug-likeness (QED) is 0.468. The Bertz CT molecular complexity index is 1120. The number of imidazole rings is 1. The fourth-order valence-electron chi connectivity index (χ4n) is 3.13. The maximum absolute atomic E-state index is 12.7. The molecule has 0 bridgehead atoms. The fraction of sp³-hybridized carbons (Fsp3) is 0.263. The Hall–Kier alpha value is -3.13. The van der Waals surface area contributed by atoms with E-state index in [9.17, 15) is 19.7 Å². The van der Waals surface area contributed by atoms with Gasteiger partial charge in [0.05, 0.1) is 16.0 Å². The molecule has 146 valence electrons. The van der Waals surface area contributed by atoms with Crippen molar-refractivity contribution in [2.45, 2.75) is 26.6 Å². The van der Waals surface area contributed by atoms with Gasteiger partial charge in [-0.3, -0.25) is 24.0 Å². The Balaban J connectivity index is 1.85. The zero-order valence-corrected chi connectivity index (χ0v) is 16.2. The minimum Gasteiger partial charge on any atom is -0.340 e. The summed E-state index contributed by atoms with van der Waals surface area (Å²) in [7, 11) is 1.57. The van der Waals surface area contributed by atoms with Crippen molar-refractivity contribution >= 4 is 34.2 Å². The molecule has 28 heavy (non-hydrogen) atoms. The summed E-state index contributed by atoms with van der Waals surface area (Å²) in [4.78, 5) is 37.2. The number of amides is 1. The SMILES string of the molecule is CCn1c(=O)n(CC(=O)N(C)Cc2cc([N+](=O)[O-])ccc2Cl)c2ccccc21. The molecule has 3 aromatic rings. The van der Waals surface area contributed by atoms with Gasteiger partial charge in [0.1, 0.15) is 6.54 Å². The molecule has 0 aliphatic carbocycles. The second kappa shape index (κ2) is 7.85. The highest BCUT2D eigenvalue weighted by atomic mass is 35.5. The zero-order valence-electron chi connectivity index (χ0n) is 15.5. The van der Waals surface area contributed by atoms with Crippen LogP contribution in [0.15, 0.2) is 47.3 Å². The summed E-state index contributed by atoms with van der Waals surface area (Å²) in [6.45, 7) is 2.34. The van der Waals surface area contributed by atoms with Crippen LogP contribution in [0.1, 0.15) is 12.5 Å². The van der Waals surface area contributed by atoms with Gasteiger partial charge in [-0.15, -0.1) is 0 Å². The predicted molar refractivity (Wildman–Crippen MR) is 106 cm³/mol. The Morgan fingerprint density at radius 3 is 2.43 bits per heavy atom. The molecule has 0 saturated carbocycles. The summed E-state index contributed by atoms with van der Waals surface area (Å²) >= 11 is 6.12. The van der Waals surface area contributed by atoms with Crippen LogP contribution in [-0.4, -0.2) is 31.9 Å². The molecule has 0 N–H and O–H groups in total. The Labute approximate surface area is 165 Å². The monoisotopic (exact) mass is 402 g/mol. The molecule has 0 atom stereocenters. The van der Waals surface area contributed by atoms with Crippen LogP contribution < -0.4 is 5.69 Å². The third kappa shape index (κ3) is 3.63. The predicted octanol–water partition coefficient (Wildman–Crippen LogP) is 3.04. The van der Waals surface area contributed by atoms with Crippen molar-refractivity contribution in [3.63, 3.8) is 0 Å². The van der Waals surface area contributed by atoms with E-state index in [0.717, 1.165) is 5.52 Å². The number of fused-ring (bicyclic) bond motifs is 1. The van der Waals surface area contributed by atoms with Crippen molar-refractivity contribution < 1.29 is 9.72 Å². The van der Waals surface area contributed by atoms with E-state index in [-0.39, 0.29) is 30.4 Å². The number of rotatable bonds is 6. The summed E-state index contributed by atoms with van der Waals surface area (Å²) in [6, 6.07) is 11.4. The molecule has 0 unspecified atom stereocenters. The number of hydrogen-bond donors (Lipinski definition) is 0. The lowest BCUT2D eigenvalue weighted by Gasteiger charge is -2.18. The smallest absolute Gasteiger partial charge is 0.329 e. The molecule has 0 fully saturated rings. The van der Waals surface area contributed by atoms with E-state index in [0.29, 0.717) is 22.6 Å². The van der Waals surface area contributed by atoms with E-state index >= 15 is 0 Å². The van der Waals surface area contributed by atoms with Gasteiger partial charge in [0.2, 0.25) is 5.91 Å². The minimum atomic E-state index is -0.513. The molecular formula is C19H19ClN4O4. The van der Waals surface area contributed by atoms with Gasteiger partial charge >= 0.3 is 5.69 Å². The van der Waals surface area contributed by atoms with Gasteiger partial charge in [0.25, 0.3) is 5.69 Å². The van der Waals surface area contributed by atoms with E-state index in [1.165, 1.54) is 27.7 Å². The molecule has 2 aromatic carbocycles. The van der Waals surface area contributed by atoms with Crippen molar-refractivity contribution in [2.24, 2.45) is 0 Å². The Morgan fingerprint density at radius 2 is 1.82 bits per heavy atom. The molecule has 9 heteroatoms. The van der Waals surface area contributed by atoms with Crippen LogP contribution in [0.3, 0.4) is 0 Å². The lowest BCUT2D eigenvalue weighted by Crippen LogP contribution is -2.34. The van der Waals surface area contributed by atoms with Gasteiger partial charge in [0.15, 0.2) is 0 Å². The van der Waals surface area contributed by atoms with Crippen LogP contribution in [-0.2, 0) is 24.4 Å². The van der Waals surface area contributed by atoms with Gasteiger partial charge < -0.3 is 4.90 Å². The van der Waals surface area contributed by atoms with Gasteiger partial charge in [-0.25, -0.2) is 4.79 Å². The Morgan fingerprint density at radius 1 is 1.18 bits per heavy atom. The molecule has 0 aliphatic rings. The first-order chi connectivity index (χ1) is 13.3. The molecule has 0 aliphatic heterocycles.